The summed E-state index contributed by atoms with van der Waals surface area (Å²) in [6, 6.07) is 3.71. The quantitative estimate of drug-likeness (QED) is 0.588. The minimum atomic E-state index is 0.273. The van der Waals surface area contributed by atoms with Gasteiger partial charge in [-0.05, 0) is 49.6 Å². The molecule has 5 nitrogen and oxygen atoms in total. The predicted molar refractivity (Wildman–Crippen MR) is 91.7 cm³/mol. The normalized spacial score (nSPS) is 16.5. The molecule has 1 aliphatic carbocycles. The molecule has 0 aromatic heterocycles. The summed E-state index contributed by atoms with van der Waals surface area (Å²) in [5, 5.41) is 7.91. The van der Waals surface area contributed by atoms with E-state index in [9.17, 15) is 0 Å². The summed E-state index contributed by atoms with van der Waals surface area (Å²) in [6.45, 7) is 6.53. The Morgan fingerprint density at radius 3 is 2.55 bits per heavy atom. The Bertz CT molecular complexity index is 699. The Balaban J connectivity index is 2.41. The molecule has 0 saturated carbocycles. The van der Waals surface area contributed by atoms with Crippen LogP contribution in [0.5, 0.6) is 0 Å². The van der Waals surface area contributed by atoms with Crippen molar-refractivity contribution >= 4 is 22.8 Å². The molecule has 1 aromatic rings. The van der Waals surface area contributed by atoms with Crippen molar-refractivity contribution < 1.29 is 4.74 Å². The van der Waals surface area contributed by atoms with Gasteiger partial charge in [-0.2, -0.15) is 0 Å². The fraction of sp³-hybridized carbons (Fsp3) is 0.294. The van der Waals surface area contributed by atoms with Crippen molar-refractivity contribution in [3.8, 4) is 0 Å². The molecule has 22 heavy (non-hydrogen) atoms. The van der Waals surface area contributed by atoms with Crippen LogP contribution in [-0.4, -0.2) is 18.0 Å². The molecule has 0 fully saturated rings. The van der Waals surface area contributed by atoms with E-state index >= 15 is 0 Å². The second-order valence-electron chi connectivity index (χ2n) is 5.29. The second kappa shape index (κ2) is 6.47. The fourth-order valence-electron chi connectivity index (χ4n) is 2.09. The highest BCUT2D eigenvalue weighted by atomic mass is 16.5. The molecule has 0 unspecified atom stereocenters. The molecule has 0 atom stereocenters. The molecule has 0 spiro atoms. The van der Waals surface area contributed by atoms with E-state index in [-0.39, 0.29) is 5.71 Å². The summed E-state index contributed by atoms with van der Waals surface area (Å²) in [7, 11) is 0. The zero-order chi connectivity index (χ0) is 16.3. The molecule has 0 bridgehead atoms. The Hall–Kier alpha value is -2.56. The lowest BCUT2D eigenvalue weighted by atomic mass is 10.0. The standard InChI is InChI=1S/C17H22N4O/c1-4-7-22-17-9-16(13(19)8-14(17)20)21-15-6-5-12(18)10(2)11(15)3/h5-6,8-9,20H,4,7,18-19H2,1-3H3/b20-14?,21-16-. The van der Waals surface area contributed by atoms with E-state index in [1.807, 2.05) is 32.9 Å². The summed E-state index contributed by atoms with van der Waals surface area (Å²) in [6.07, 6.45) is 4.17. The number of rotatable bonds is 4. The van der Waals surface area contributed by atoms with E-state index in [0.717, 1.165) is 28.9 Å². The first-order valence-electron chi connectivity index (χ1n) is 7.29. The van der Waals surface area contributed by atoms with Gasteiger partial charge in [0.25, 0.3) is 0 Å². The summed E-state index contributed by atoms with van der Waals surface area (Å²) in [5.41, 5.74) is 16.8. The third kappa shape index (κ3) is 3.19. The number of ether oxygens (including phenoxy) is 1. The van der Waals surface area contributed by atoms with Gasteiger partial charge in [0.2, 0.25) is 0 Å². The number of nitrogens with zero attached hydrogens (tertiary/aromatic N) is 1. The Kier molecular flexibility index (Phi) is 4.65. The van der Waals surface area contributed by atoms with Crippen LogP contribution in [0.1, 0.15) is 24.5 Å². The van der Waals surface area contributed by atoms with Gasteiger partial charge in [0.05, 0.1) is 29.4 Å². The maximum atomic E-state index is 7.91. The Morgan fingerprint density at radius 2 is 1.86 bits per heavy atom. The van der Waals surface area contributed by atoms with Crippen LogP contribution in [-0.2, 0) is 4.74 Å². The van der Waals surface area contributed by atoms with Crippen molar-refractivity contribution in [3.63, 3.8) is 0 Å². The van der Waals surface area contributed by atoms with Gasteiger partial charge >= 0.3 is 0 Å². The van der Waals surface area contributed by atoms with Gasteiger partial charge in [-0.1, -0.05) is 6.92 Å². The third-order valence-electron chi connectivity index (χ3n) is 3.63. The average molecular weight is 298 g/mol. The number of anilines is 1. The number of nitrogens with two attached hydrogens (primary N) is 2. The van der Waals surface area contributed by atoms with Crippen LogP contribution in [0.2, 0.25) is 0 Å². The van der Waals surface area contributed by atoms with Crippen LogP contribution in [0.25, 0.3) is 0 Å². The Labute approximate surface area is 130 Å². The lowest BCUT2D eigenvalue weighted by Gasteiger charge is -2.16. The van der Waals surface area contributed by atoms with Crippen molar-refractivity contribution in [2.75, 3.05) is 12.3 Å². The molecular weight excluding hydrogens is 276 g/mol. The van der Waals surface area contributed by atoms with Crippen molar-refractivity contribution in [1.29, 1.82) is 5.41 Å². The number of allylic oxidation sites excluding steroid dienone is 2. The molecular formula is C17H22N4O. The minimum absolute atomic E-state index is 0.273. The van der Waals surface area contributed by atoms with E-state index in [0.29, 0.717) is 23.8 Å². The first-order chi connectivity index (χ1) is 10.4. The first kappa shape index (κ1) is 15.8. The summed E-state index contributed by atoms with van der Waals surface area (Å²) in [4.78, 5) is 4.61. The first-order valence-corrected chi connectivity index (χ1v) is 7.29. The van der Waals surface area contributed by atoms with Crippen molar-refractivity contribution in [3.05, 3.63) is 46.9 Å². The summed E-state index contributed by atoms with van der Waals surface area (Å²) >= 11 is 0. The van der Waals surface area contributed by atoms with E-state index in [4.69, 9.17) is 21.6 Å². The lowest BCUT2D eigenvalue weighted by molar-refractivity contribution is 0.231. The maximum absolute atomic E-state index is 7.91. The zero-order valence-electron chi connectivity index (χ0n) is 13.2. The van der Waals surface area contributed by atoms with Crippen LogP contribution in [0.3, 0.4) is 0 Å². The smallest absolute Gasteiger partial charge is 0.146 e. The Morgan fingerprint density at radius 1 is 1.14 bits per heavy atom. The largest absolute Gasteiger partial charge is 0.491 e. The molecule has 0 aliphatic heterocycles. The highest BCUT2D eigenvalue weighted by Crippen LogP contribution is 2.27. The van der Waals surface area contributed by atoms with Gasteiger partial charge in [0.1, 0.15) is 5.76 Å². The SMILES string of the molecule is CCCOC1=C/C(=N/c2ccc(N)c(C)c2C)C(N)=CC1=N. The molecule has 0 amide bonds. The maximum Gasteiger partial charge on any atom is 0.146 e. The predicted octanol–water partition coefficient (Wildman–Crippen LogP) is 3.14. The number of nitrogens with one attached hydrogen (secondary N) is 1. The van der Waals surface area contributed by atoms with Crippen LogP contribution in [0, 0.1) is 19.3 Å². The molecule has 116 valence electrons. The van der Waals surface area contributed by atoms with E-state index < -0.39 is 0 Å². The van der Waals surface area contributed by atoms with Crippen LogP contribution in [0.15, 0.2) is 40.7 Å². The van der Waals surface area contributed by atoms with Gasteiger partial charge in [-0.15, -0.1) is 0 Å². The van der Waals surface area contributed by atoms with Gasteiger partial charge in [0.15, 0.2) is 0 Å². The van der Waals surface area contributed by atoms with Crippen LogP contribution in [0.4, 0.5) is 11.4 Å². The molecule has 1 aromatic carbocycles. The molecule has 1 aliphatic rings. The van der Waals surface area contributed by atoms with Crippen LogP contribution >= 0.6 is 0 Å². The number of nitrogen functional groups attached to an aromatic ring is 1. The van der Waals surface area contributed by atoms with Crippen LogP contribution < -0.4 is 11.5 Å². The number of hydrogen-bond donors (Lipinski definition) is 3. The van der Waals surface area contributed by atoms with Crippen molar-refractivity contribution in [2.45, 2.75) is 27.2 Å². The fourth-order valence-corrected chi connectivity index (χ4v) is 2.09. The molecule has 0 radical (unpaired) electrons. The van der Waals surface area contributed by atoms with Gasteiger partial charge in [0, 0.05) is 11.8 Å². The van der Waals surface area contributed by atoms with Crippen molar-refractivity contribution in [1.82, 2.24) is 0 Å². The third-order valence-corrected chi connectivity index (χ3v) is 3.63. The second-order valence-corrected chi connectivity index (χ2v) is 5.29. The summed E-state index contributed by atoms with van der Waals surface area (Å²) < 4.78 is 5.57. The van der Waals surface area contributed by atoms with Gasteiger partial charge in [-0.3, -0.25) is 5.41 Å². The summed E-state index contributed by atoms with van der Waals surface area (Å²) in [5.74, 6) is 0.500. The number of benzene rings is 1. The zero-order valence-corrected chi connectivity index (χ0v) is 13.2. The number of hydrogen-bond acceptors (Lipinski definition) is 5. The monoisotopic (exact) mass is 298 g/mol. The van der Waals surface area contributed by atoms with E-state index in [2.05, 4.69) is 4.99 Å². The highest BCUT2D eigenvalue weighted by Gasteiger charge is 2.16. The molecule has 0 heterocycles. The molecule has 0 saturated heterocycles. The van der Waals surface area contributed by atoms with E-state index in [1.54, 1.807) is 12.2 Å². The highest BCUT2D eigenvalue weighted by molar-refractivity contribution is 6.22. The van der Waals surface area contributed by atoms with Gasteiger partial charge < -0.3 is 16.2 Å². The average Bonchev–Trinajstić information content (AvgIpc) is 2.49. The molecule has 5 N–H and O–H groups in total. The molecule has 5 heteroatoms. The van der Waals surface area contributed by atoms with Gasteiger partial charge in [-0.25, -0.2) is 4.99 Å². The topological polar surface area (TPSA) is 97.5 Å². The van der Waals surface area contributed by atoms with Crippen molar-refractivity contribution in [2.24, 2.45) is 10.7 Å². The van der Waals surface area contributed by atoms with E-state index in [1.165, 1.54) is 0 Å². The minimum Gasteiger partial charge on any atom is -0.491 e. The lowest BCUT2D eigenvalue weighted by Crippen LogP contribution is -2.19. The molecule has 2 rings (SSSR count). The number of aliphatic imine (C=N–C) groups is 1.